The van der Waals surface area contributed by atoms with Gasteiger partial charge in [-0.15, -0.1) is 0 Å². The van der Waals surface area contributed by atoms with Gasteiger partial charge in [-0.1, -0.05) is 109 Å². The molecule has 14 nitrogen and oxygen atoms in total. The average Bonchev–Trinajstić information content (AvgIpc) is 1.52. The third-order valence-electron chi connectivity index (χ3n) is 23.4. The van der Waals surface area contributed by atoms with Crippen LogP contribution in [-0.2, 0) is 35.3 Å². The van der Waals surface area contributed by atoms with Crippen LogP contribution in [0.25, 0.3) is 5.57 Å². The predicted molar refractivity (Wildman–Crippen MR) is 367 cm³/mol. The molecule has 16 atom stereocenters. The van der Waals surface area contributed by atoms with E-state index < -0.39 is 12.7 Å². The van der Waals surface area contributed by atoms with E-state index in [0.717, 1.165) is 108 Å². The quantitative estimate of drug-likeness (QED) is 0.0103. The Bertz CT molecular complexity index is 3410. The molecule has 5 aliphatic carbocycles. The minimum absolute atomic E-state index is 0.0528. The number of rotatable bonds is 24. The fourth-order valence-corrected chi connectivity index (χ4v) is 19.6. The number of aliphatic hydroxyl groups is 2. The third-order valence-corrected chi connectivity index (χ3v) is 23.4. The molecule has 16 unspecified atom stereocenters. The number of carbonyl (C=O) groups is 2. The molecular formula is C78H102N8O6. The number of allylic oxidation sites excluding steroid dienone is 5. The Morgan fingerprint density at radius 1 is 0.848 bits per heavy atom. The van der Waals surface area contributed by atoms with Crippen LogP contribution in [0.3, 0.4) is 0 Å². The summed E-state index contributed by atoms with van der Waals surface area (Å²) in [6.45, 7) is 5.52. The smallest absolute Gasteiger partial charge is 0.185 e. The van der Waals surface area contributed by atoms with Gasteiger partial charge in [0, 0.05) is 50.3 Å². The van der Waals surface area contributed by atoms with Crippen molar-refractivity contribution in [1.82, 2.24) is 21.3 Å². The molecule has 12 rings (SSSR count). The molecule has 13 N–H and O–H groups in total. The number of phenolic OH excluding ortho intramolecular Hbond substituents is 1. The summed E-state index contributed by atoms with van der Waals surface area (Å²) in [5.41, 5.74) is 27.5. The largest absolute Gasteiger partial charge is 0.504 e. The molecule has 490 valence electrons. The van der Waals surface area contributed by atoms with E-state index in [9.17, 15) is 24.9 Å². The number of methoxy groups -OCH3 is 1. The monoisotopic (exact) mass is 1250 g/mol. The van der Waals surface area contributed by atoms with E-state index in [1.54, 1.807) is 12.1 Å². The van der Waals surface area contributed by atoms with Gasteiger partial charge in [0.1, 0.15) is 5.78 Å². The van der Waals surface area contributed by atoms with Crippen molar-refractivity contribution in [2.24, 2.45) is 86.3 Å². The van der Waals surface area contributed by atoms with E-state index in [2.05, 4.69) is 131 Å². The molecule has 0 bridgehead atoms. The maximum Gasteiger partial charge on any atom is 0.185 e. The van der Waals surface area contributed by atoms with E-state index in [4.69, 9.17) is 26.9 Å². The van der Waals surface area contributed by atoms with E-state index in [-0.39, 0.29) is 76.2 Å². The Hall–Kier alpha value is -6.65. The summed E-state index contributed by atoms with van der Waals surface area (Å²) < 4.78 is 5.63. The van der Waals surface area contributed by atoms with Crippen molar-refractivity contribution in [3.05, 3.63) is 184 Å². The maximum atomic E-state index is 14.8. The second-order valence-corrected chi connectivity index (χ2v) is 29.2. The van der Waals surface area contributed by atoms with Gasteiger partial charge < -0.3 is 58.5 Å². The number of piperidine rings is 1. The lowest BCUT2D eigenvalue weighted by molar-refractivity contribution is -0.126. The van der Waals surface area contributed by atoms with Crippen molar-refractivity contribution >= 4 is 23.1 Å². The molecule has 4 saturated carbocycles. The minimum atomic E-state index is -0.506. The van der Waals surface area contributed by atoms with Crippen molar-refractivity contribution in [1.29, 1.82) is 0 Å². The highest BCUT2D eigenvalue weighted by atomic mass is 16.5. The van der Waals surface area contributed by atoms with Gasteiger partial charge in [0.05, 0.1) is 32.4 Å². The van der Waals surface area contributed by atoms with Gasteiger partial charge in [-0.05, 0) is 255 Å². The van der Waals surface area contributed by atoms with Crippen LogP contribution in [-0.4, -0.2) is 104 Å². The molecule has 0 radical (unpaired) electrons. The summed E-state index contributed by atoms with van der Waals surface area (Å²) in [6, 6.07) is 34.1. The van der Waals surface area contributed by atoms with Gasteiger partial charge in [0.25, 0.3) is 0 Å². The summed E-state index contributed by atoms with van der Waals surface area (Å²) >= 11 is 0. The predicted octanol–water partition coefficient (Wildman–Crippen LogP) is 9.92. The Kier molecular flexibility index (Phi) is 20.9. The van der Waals surface area contributed by atoms with E-state index in [1.165, 1.54) is 48.3 Å². The topological polar surface area (TPSA) is 243 Å². The van der Waals surface area contributed by atoms with Crippen molar-refractivity contribution in [3.63, 3.8) is 0 Å². The summed E-state index contributed by atoms with van der Waals surface area (Å²) in [5.74, 6) is 3.78. The number of phenols is 1. The number of hydrogen-bond donors (Lipinski definition) is 10. The first-order valence-corrected chi connectivity index (χ1v) is 34.8. The summed E-state index contributed by atoms with van der Waals surface area (Å²) in [7, 11) is 1.48. The Labute approximate surface area is 546 Å². The first-order chi connectivity index (χ1) is 44.7. The summed E-state index contributed by atoms with van der Waals surface area (Å²) in [5, 5.41) is 48.8. The zero-order valence-corrected chi connectivity index (χ0v) is 54.4. The Morgan fingerprint density at radius 2 is 1.62 bits per heavy atom. The number of carbonyl (C=O) groups excluding carboxylic acids is 2. The van der Waals surface area contributed by atoms with Crippen LogP contribution in [0.5, 0.6) is 11.5 Å². The number of benzene rings is 4. The molecule has 1 spiro atoms. The number of nitrogens with one attached hydrogen (secondary N) is 4. The molecule has 1 saturated heterocycles. The van der Waals surface area contributed by atoms with Crippen LogP contribution in [0.1, 0.15) is 130 Å². The van der Waals surface area contributed by atoms with E-state index >= 15 is 0 Å². The number of ether oxygens (including phenoxy) is 1. The number of ketones is 2. The fraction of sp³-hybridized carbons (Fsp3) is 0.526. The number of nitrogens with two attached hydrogens (primary N) is 3. The number of guanidine groups is 1. The van der Waals surface area contributed by atoms with Crippen molar-refractivity contribution in [2.75, 3.05) is 46.4 Å². The fourth-order valence-electron chi connectivity index (χ4n) is 19.6. The lowest BCUT2D eigenvalue weighted by Gasteiger charge is -2.55. The number of aliphatic hydroxyl groups excluding tert-OH is 2. The molecule has 4 aromatic rings. The van der Waals surface area contributed by atoms with Crippen molar-refractivity contribution < 1.29 is 29.6 Å². The lowest BCUT2D eigenvalue weighted by atomic mass is 9.52. The minimum Gasteiger partial charge on any atom is -0.504 e. The zero-order valence-electron chi connectivity index (χ0n) is 54.4. The molecule has 8 aliphatic rings. The van der Waals surface area contributed by atoms with Crippen LogP contribution in [0.2, 0.25) is 0 Å². The second-order valence-electron chi connectivity index (χ2n) is 29.2. The molecule has 14 heteroatoms. The lowest BCUT2D eigenvalue weighted by Crippen LogP contribution is -2.57. The number of fused-ring (bicyclic) bond motifs is 5. The third kappa shape index (κ3) is 14.8. The van der Waals surface area contributed by atoms with Crippen LogP contribution < -0.4 is 43.2 Å². The van der Waals surface area contributed by atoms with E-state index in [0.29, 0.717) is 90.1 Å². The number of aromatic hydroxyl groups is 1. The number of Topliss-reactive ketones (excluding diaryl/α,β-unsaturated/α-hetero) is 1. The van der Waals surface area contributed by atoms with Gasteiger partial charge in [0.2, 0.25) is 0 Å². The molecular weight excluding hydrogens is 1140 g/mol. The highest BCUT2D eigenvalue weighted by molar-refractivity contribution is 6.08. The molecule has 92 heavy (non-hydrogen) atoms. The highest BCUT2D eigenvalue weighted by Gasteiger charge is 2.67. The second kappa shape index (κ2) is 29.3. The van der Waals surface area contributed by atoms with Crippen LogP contribution in [0.4, 0.5) is 0 Å². The van der Waals surface area contributed by atoms with Gasteiger partial charge in [-0.25, -0.2) is 0 Å². The van der Waals surface area contributed by atoms with Gasteiger partial charge in [-0.2, -0.15) is 0 Å². The molecule has 3 heterocycles. The molecule has 3 aliphatic heterocycles. The SMILES string of the molecule is COc1cc(C(=CC(=O)CC(=O)CC2CCC3C(CC4C5CCNCC5CC5C=CCNC54)(C2)CC(NCC(C)O)C32CC3C=CC(c4ccccc4)CC(CN=C(N)N)C3C2)CO)c(CC2=CNC(N)C=C2CCc2cccc(CCc3ccccc3)c2)cc1O. The average molecular weight is 1250 g/mol. The molecule has 5 fully saturated rings. The van der Waals surface area contributed by atoms with Gasteiger partial charge >= 0.3 is 0 Å². The van der Waals surface area contributed by atoms with Crippen molar-refractivity contribution in [3.8, 4) is 11.5 Å². The Balaban J connectivity index is 0.795. The number of dihydropyridines is 1. The molecule has 0 aromatic heterocycles. The van der Waals surface area contributed by atoms with Gasteiger partial charge in [-0.3, -0.25) is 14.6 Å². The number of nitrogens with zero attached hydrogens (tertiary/aromatic N) is 1. The van der Waals surface area contributed by atoms with Crippen LogP contribution in [0, 0.1) is 64.1 Å². The maximum absolute atomic E-state index is 14.8. The molecule has 4 aromatic carbocycles. The standard InChI is InChI=1S/C78H102N8O6/c1-49(88)44-84-73-43-77(41-69-66-26-28-82-45-61(66)32-57-17-10-27-83-75(57)69)39-53(21-25-72(77)78(73)40-58-24-23-55(54-15-7-4-8-16-54)31-62(68(58)42-78)47-86-76(80)81)30-64(89)37-65(90)34-63(48-87)67-38-71(92-2)70(91)35-59(67)33-60-46-85-74(79)36-56(60)22-20-52-14-9-13-51(29-52)19-18-50-11-5-3-6-12-50/h3-17,23-24,29,34-36,38,46,49,53,55,57-58,61-62,66,68-69,72-75,82-85,87-88,91H,18-22,25-28,30-33,37,39-45,47-48,79H2,1-2H3,(H4,80,81,86). The normalized spacial score (nSPS) is 31.8. The highest BCUT2D eigenvalue weighted by Crippen LogP contribution is 2.72. The number of aliphatic imine (C=N–C) groups is 1. The Morgan fingerprint density at radius 3 is 2.39 bits per heavy atom. The van der Waals surface area contributed by atoms with Crippen LogP contribution >= 0.6 is 0 Å². The summed E-state index contributed by atoms with van der Waals surface area (Å²) in [4.78, 5) is 34.0. The number of aryl methyl sites for hydroxylation is 3. The van der Waals surface area contributed by atoms with Crippen LogP contribution in [0.15, 0.2) is 156 Å². The van der Waals surface area contributed by atoms with Crippen molar-refractivity contribution in [2.45, 2.75) is 146 Å². The first-order valence-electron chi connectivity index (χ1n) is 34.8. The van der Waals surface area contributed by atoms with Gasteiger partial charge in [0.15, 0.2) is 23.2 Å². The molecule has 0 amide bonds. The summed E-state index contributed by atoms with van der Waals surface area (Å²) in [6.07, 6.45) is 28.7. The zero-order chi connectivity index (χ0) is 63.9. The number of hydrogen-bond acceptors (Lipinski definition) is 12. The first kappa shape index (κ1) is 65.4. The van der Waals surface area contributed by atoms with E-state index in [1.807, 2.05) is 19.2 Å².